The van der Waals surface area contributed by atoms with Crippen LogP contribution in [0, 0.1) is 6.92 Å². The zero-order valence-electron chi connectivity index (χ0n) is 20.1. The molecule has 5 heteroatoms. The minimum atomic E-state index is -0.281. The number of hydrogen-bond acceptors (Lipinski definition) is 4. The summed E-state index contributed by atoms with van der Waals surface area (Å²) >= 11 is 0. The predicted molar refractivity (Wildman–Crippen MR) is 134 cm³/mol. The van der Waals surface area contributed by atoms with E-state index < -0.39 is 0 Å². The Bertz CT molecular complexity index is 1090. The van der Waals surface area contributed by atoms with Crippen LogP contribution in [0.25, 0.3) is 6.08 Å². The third-order valence-electron chi connectivity index (χ3n) is 7.77. The van der Waals surface area contributed by atoms with Crippen LogP contribution in [-0.4, -0.2) is 50.6 Å². The molecule has 0 spiro atoms. The number of fused-ring (bicyclic) bond motifs is 1. The SMILES string of the molecule is C=Cc1cc2c(c(C3(NC(=O)c4cc(OCC5CCN5C)ccc4C)CC3)c1)CCCN2C. The van der Waals surface area contributed by atoms with E-state index in [-0.39, 0.29) is 11.4 Å². The van der Waals surface area contributed by atoms with Crippen LogP contribution in [0.1, 0.15) is 58.3 Å². The quantitative estimate of drug-likeness (QED) is 0.681. The minimum absolute atomic E-state index is 0.0156. The number of anilines is 1. The van der Waals surface area contributed by atoms with E-state index in [1.807, 2.05) is 31.2 Å². The molecule has 2 heterocycles. The van der Waals surface area contributed by atoms with Crippen LogP contribution in [0.2, 0.25) is 0 Å². The van der Waals surface area contributed by atoms with E-state index in [0.717, 1.165) is 55.6 Å². The first-order valence-corrected chi connectivity index (χ1v) is 12.2. The normalized spacial score (nSPS) is 21.1. The molecule has 1 saturated carbocycles. The van der Waals surface area contributed by atoms with Crippen molar-refractivity contribution in [3.8, 4) is 5.75 Å². The van der Waals surface area contributed by atoms with E-state index in [2.05, 4.69) is 47.9 Å². The molecular formula is C28H35N3O2. The Morgan fingerprint density at radius 1 is 1.24 bits per heavy atom. The highest BCUT2D eigenvalue weighted by Crippen LogP contribution is 2.50. The molecule has 0 radical (unpaired) electrons. The first-order chi connectivity index (χ1) is 15.9. The van der Waals surface area contributed by atoms with Crippen molar-refractivity contribution in [1.29, 1.82) is 0 Å². The summed E-state index contributed by atoms with van der Waals surface area (Å²) in [6.07, 6.45) is 7.22. The Kier molecular flexibility index (Phi) is 5.69. The molecular weight excluding hydrogens is 410 g/mol. The molecule has 5 nitrogen and oxygen atoms in total. The predicted octanol–water partition coefficient (Wildman–Crippen LogP) is 4.52. The number of ether oxygens (including phenoxy) is 1. The van der Waals surface area contributed by atoms with Gasteiger partial charge in [0.05, 0.1) is 5.54 Å². The van der Waals surface area contributed by atoms with Crippen molar-refractivity contribution >= 4 is 17.7 Å². The summed E-state index contributed by atoms with van der Waals surface area (Å²) in [5, 5.41) is 3.42. The van der Waals surface area contributed by atoms with Crippen molar-refractivity contribution in [2.24, 2.45) is 0 Å². The molecule has 2 aromatic carbocycles. The molecule has 1 amide bonds. The molecule has 1 atom stereocenters. The van der Waals surface area contributed by atoms with Gasteiger partial charge in [0.15, 0.2) is 0 Å². The van der Waals surface area contributed by atoms with Gasteiger partial charge in [0, 0.05) is 30.9 Å². The summed E-state index contributed by atoms with van der Waals surface area (Å²) in [5.41, 5.74) is 6.44. The second kappa shape index (κ2) is 8.53. The molecule has 2 fully saturated rings. The number of amides is 1. The maximum Gasteiger partial charge on any atom is 0.252 e. The Labute approximate surface area is 197 Å². The van der Waals surface area contributed by atoms with E-state index in [1.165, 1.54) is 23.2 Å². The molecule has 0 aromatic heterocycles. The lowest BCUT2D eigenvalue weighted by Gasteiger charge is -2.37. The van der Waals surface area contributed by atoms with Gasteiger partial charge >= 0.3 is 0 Å². The van der Waals surface area contributed by atoms with Crippen LogP contribution in [0.5, 0.6) is 5.75 Å². The molecule has 33 heavy (non-hydrogen) atoms. The third kappa shape index (κ3) is 4.15. The summed E-state index contributed by atoms with van der Waals surface area (Å²) in [4.78, 5) is 18.1. The van der Waals surface area contributed by atoms with Crippen molar-refractivity contribution < 1.29 is 9.53 Å². The van der Waals surface area contributed by atoms with Crippen LogP contribution >= 0.6 is 0 Å². The largest absolute Gasteiger partial charge is 0.492 e. The van der Waals surface area contributed by atoms with Gasteiger partial charge in [-0.1, -0.05) is 18.7 Å². The lowest BCUT2D eigenvalue weighted by Crippen LogP contribution is -2.48. The monoisotopic (exact) mass is 445 g/mol. The van der Waals surface area contributed by atoms with Crippen molar-refractivity contribution in [1.82, 2.24) is 10.2 Å². The number of rotatable bonds is 7. The average molecular weight is 446 g/mol. The van der Waals surface area contributed by atoms with E-state index >= 15 is 0 Å². The number of likely N-dealkylation sites (N-methyl/N-ethyl adjacent to an activating group) is 1. The number of carbonyl (C=O) groups excluding carboxylic acids is 1. The highest BCUT2D eigenvalue weighted by molar-refractivity contribution is 5.97. The number of benzene rings is 2. The Hall–Kier alpha value is -2.79. The average Bonchev–Trinajstić information content (AvgIpc) is 3.59. The zero-order valence-corrected chi connectivity index (χ0v) is 20.1. The molecule has 1 aliphatic carbocycles. The summed E-state index contributed by atoms with van der Waals surface area (Å²) in [6.45, 7) is 8.85. The molecule has 174 valence electrons. The molecule has 2 aromatic rings. The van der Waals surface area contributed by atoms with Crippen LogP contribution in [0.15, 0.2) is 36.9 Å². The summed E-state index contributed by atoms with van der Waals surface area (Å²) < 4.78 is 6.03. The van der Waals surface area contributed by atoms with Gasteiger partial charge in [0.1, 0.15) is 12.4 Å². The van der Waals surface area contributed by atoms with Gasteiger partial charge in [-0.15, -0.1) is 0 Å². The van der Waals surface area contributed by atoms with Crippen LogP contribution in [-0.2, 0) is 12.0 Å². The van der Waals surface area contributed by atoms with Crippen LogP contribution in [0.3, 0.4) is 0 Å². The first-order valence-electron chi connectivity index (χ1n) is 12.2. The third-order valence-corrected chi connectivity index (χ3v) is 7.77. The number of carbonyl (C=O) groups is 1. The zero-order chi connectivity index (χ0) is 23.2. The lowest BCUT2D eigenvalue weighted by molar-refractivity contribution is 0.0767. The maximum atomic E-state index is 13.5. The highest BCUT2D eigenvalue weighted by atomic mass is 16.5. The van der Waals surface area contributed by atoms with Crippen molar-refractivity contribution in [3.63, 3.8) is 0 Å². The van der Waals surface area contributed by atoms with E-state index in [4.69, 9.17) is 4.74 Å². The standard InChI is InChI=1S/C28H35N3O2/c1-5-20-15-25(23-7-6-13-31(4)26(23)16-20)28(11-12-28)29-27(32)24-17-22(9-8-19(24)2)33-18-21-10-14-30(21)3/h5,8-9,15-17,21H,1,6-7,10-14,18H2,2-4H3,(H,29,32). The van der Waals surface area contributed by atoms with Crippen LogP contribution < -0.4 is 15.0 Å². The molecule has 1 unspecified atom stereocenters. The minimum Gasteiger partial charge on any atom is -0.492 e. The molecule has 0 bridgehead atoms. The number of nitrogens with one attached hydrogen (secondary N) is 1. The van der Waals surface area contributed by atoms with Gasteiger partial charge in [0.25, 0.3) is 5.91 Å². The number of aryl methyl sites for hydroxylation is 1. The smallest absolute Gasteiger partial charge is 0.252 e. The summed E-state index contributed by atoms with van der Waals surface area (Å²) in [7, 11) is 4.28. The fourth-order valence-electron chi connectivity index (χ4n) is 5.22. The molecule has 5 rings (SSSR count). The Morgan fingerprint density at radius 3 is 2.73 bits per heavy atom. The molecule has 3 aliphatic rings. The van der Waals surface area contributed by atoms with Gasteiger partial charge in [-0.2, -0.15) is 0 Å². The highest BCUT2D eigenvalue weighted by Gasteiger charge is 2.48. The number of nitrogens with zero attached hydrogens (tertiary/aromatic N) is 2. The maximum absolute atomic E-state index is 13.5. The fraction of sp³-hybridized carbons (Fsp3) is 0.464. The Morgan fingerprint density at radius 2 is 2.06 bits per heavy atom. The van der Waals surface area contributed by atoms with E-state index in [9.17, 15) is 4.79 Å². The van der Waals surface area contributed by atoms with Gasteiger partial charge in [0.2, 0.25) is 0 Å². The van der Waals surface area contributed by atoms with E-state index in [1.54, 1.807) is 0 Å². The lowest BCUT2D eigenvalue weighted by atomic mass is 9.88. The van der Waals surface area contributed by atoms with Crippen molar-refractivity contribution in [2.75, 3.05) is 38.7 Å². The molecule has 1 N–H and O–H groups in total. The molecule has 2 aliphatic heterocycles. The van der Waals surface area contributed by atoms with Gasteiger partial charge in [-0.25, -0.2) is 0 Å². The second-order valence-corrected chi connectivity index (χ2v) is 10.0. The van der Waals surface area contributed by atoms with Crippen molar-refractivity contribution in [2.45, 2.75) is 50.6 Å². The van der Waals surface area contributed by atoms with Gasteiger partial charge < -0.3 is 15.0 Å². The Balaban J connectivity index is 1.39. The first kappa shape index (κ1) is 22.0. The van der Waals surface area contributed by atoms with Crippen molar-refractivity contribution in [3.05, 3.63) is 64.7 Å². The summed E-state index contributed by atoms with van der Waals surface area (Å²) in [6, 6.07) is 10.8. The fourth-order valence-corrected chi connectivity index (χ4v) is 5.22. The topological polar surface area (TPSA) is 44.8 Å². The van der Waals surface area contributed by atoms with E-state index in [0.29, 0.717) is 18.2 Å². The molecule has 1 saturated heterocycles. The second-order valence-electron chi connectivity index (χ2n) is 10.0. The van der Waals surface area contributed by atoms with Crippen LogP contribution in [0.4, 0.5) is 5.69 Å². The number of likely N-dealkylation sites (tertiary alicyclic amines) is 1. The van der Waals surface area contributed by atoms with Gasteiger partial charge in [-0.3, -0.25) is 9.69 Å². The summed E-state index contributed by atoms with van der Waals surface area (Å²) in [5.74, 6) is 0.752. The number of hydrogen-bond donors (Lipinski definition) is 1. The van der Waals surface area contributed by atoms with Gasteiger partial charge in [-0.05, 0) is 99.1 Å².